The van der Waals surface area contributed by atoms with Gasteiger partial charge in [-0.1, -0.05) is 42.0 Å². The molecule has 3 aromatic rings. The van der Waals surface area contributed by atoms with E-state index in [0.717, 1.165) is 11.1 Å². The Hall–Kier alpha value is -4.06. The van der Waals surface area contributed by atoms with Crippen LogP contribution in [0.1, 0.15) is 28.3 Å². The van der Waals surface area contributed by atoms with E-state index < -0.39 is 17.7 Å². The van der Waals surface area contributed by atoms with Crippen LogP contribution in [0.25, 0.3) is 5.76 Å². The van der Waals surface area contributed by atoms with Gasteiger partial charge in [-0.05, 0) is 55.3 Å². The summed E-state index contributed by atoms with van der Waals surface area (Å²) in [4.78, 5) is 28.0. The first-order chi connectivity index (χ1) is 15.8. The summed E-state index contributed by atoms with van der Waals surface area (Å²) < 4.78 is 10.5. The van der Waals surface area contributed by atoms with Gasteiger partial charge in [-0.25, -0.2) is 0 Å². The Bertz CT molecular complexity index is 1260. The van der Waals surface area contributed by atoms with Crippen molar-refractivity contribution in [2.24, 2.45) is 0 Å². The van der Waals surface area contributed by atoms with E-state index in [0.29, 0.717) is 28.3 Å². The molecule has 1 N–H and O–H groups in total. The zero-order chi connectivity index (χ0) is 23.7. The second-order valence-electron chi connectivity index (χ2n) is 7.96. The third-order valence-corrected chi connectivity index (χ3v) is 5.83. The zero-order valence-corrected chi connectivity index (χ0v) is 19.0. The van der Waals surface area contributed by atoms with E-state index in [1.807, 2.05) is 32.0 Å². The molecule has 1 amide bonds. The highest BCUT2D eigenvalue weighted by molar-refractivity contribution is 6.51. The molecule has 0 spiro atoms. The number of methoxy groups -OCH3 is 2. The Balaban J connectivity index is 1.95. The minimum absolute atomic E-state index is 0.0263. The summed E-state index contributed by atoms with van der Waals surface area (Å²) >= 11 is 0. The molecule has 4 rings (SSSR count). The van der Waals surface area contributed by atoms with Gasteiger partial charge in [-0.3, -0.25) is 14.5 Å². The molecule has 1 fully saturated rings. The Morgan fingerprint density at radius 3 is 2.21 bits per heavy atom. The molecule has 1 unspecified atom stereocenters. The molecule has 1 atom stereocenters. The summed E-state index contributed by atoms with van der Waals surface area (Å²) in [5, 5.41) is 11.2. The van der Waals surface area contributed by atoms with E-state index in [9.17, 15) is 14.7 Å². The number of aryl methyl sites for hydroxylation is 2. The fourth-order valence-electron chi connectivity index (χ4n) is 4.18. The third kappa shape index (κ3) is 3.96. The van der Waals surface area contributed by atoms with Gasteiger partial charge >= 0.3 is 0 Å². The normalized spacial score (nSPS) is 17.3. The van der Waals surface area contributed by atoms with Gasteiger partial charge in [0.25, 0.3) is 11.7 Å². The van der Waals surface area contributed by atoms with Crippen LogP contribution in [0, 0.1) is 13.8 Å². The van der Waals surface area contributed by atoms with Crippen LogP contribution in [0.2, 0.25) is 0 Å². The highest BCUT2D eigenvalue weighted by Crippen LogP contribution is 2.43. The lowest BCUT2D eigenvalue weighted by molar-refractivity contribution is -0.132. The smallest absolute Gasteiger partial charge is 0.300 e. The number of ketones is 1. The van der Waals surface area contributed by atoms with Crippen molar-refractivity contribution in [3.63, 3.8) is 0 Å². The fourth-order valence-corrected chi connectivity index (χ4v) is 4.18. The number of nitrogens with zero attached hydrogens (tertiary/aromatic N) is 1. The first-order valence-electron chi connectivity index (χ1n) is 10.5. The average Bonchev–Trinajstić information content (AvgIpc) is 3.09. The Kier molecular flexibility index (Phi) is 5.92. The number of rotatable bonds is 5. The largest absolute Gasteiger partial charge is 0.507 e. The molecule has 6 heteroatoms. The van der Waals surface area contributed by atoms with Crippen molar-refractivity contribution in [3.8, 4) is 11.5 Å². The monoisotopic (exact) mass is 443 g/mol. The second-order valence-corrected chi connectivity index (χ2v) is 7.96. The Labute approximate surface area is 192 Å². The summed E-state index contributed by atoms with van der Waals surface area (Å²) in [6, 6.07) is 18.8. The number of benzene rings is 3. The van der Waals surface area contributed by atoms with E-state index in [1.165, 1.54) is 12.0 Å². The number of aliphatic hydroxyl groups excluding tert-OH is 1. The third-order valence-electron chi connectivity index (χ3n) is 5.83. The van der Waals surface area contributed by atoms with Gasteiger partial charge in [0.2, 0.25) is 0 Å². The molecule has 6 nitrogen and oxygen atoms in total. The maximum absolute atomic E-state index is 13.3. The van der Waals surface area contributed by atoms with Crippen molar-refractivity contribution in [1.82, 2.24) is 0 Å². The maximum Gasteiger partial charge on any atom is 0.300 e. The van der Waals surface area contributed by atoms with Crippen LogP contribution in [0.3, 0.4) is 0 Å². The molecule has 3 aromatic carbocycles. The molecular weight excluding hydrogens is 418 g/mol. The molecule has 0 aromatic heterocycles. The number of ether oxygens (including phenoxy) is 2. The van der Waals surface area contributed by atoms with Crippen LogP contribution in [0.4, 0.5) is 5.69 Å². The highest BCUT2D eigenvalue weighted by atomic mass is 16.5. The first kappa shape index (κ1) is 22.1. The Morgan fingerprint density at radius 1 is 0.879 bits per heavy atom. The lowest BCUT2D eigenvalue weighted by Crippen LogP contribution is -2.30. The number of aliphatic hydroxyl groups is 1. The van der Waals surface area contributed by atoms with Crippen molar-refractivity contribution < 1.29 is 24.2 Å². The van der Waals surface area contributed by atoms with Crippen LogP contribution < -0.4 is 14.4 Å². The first-order valence-corrected chi connectivity index (χ1v) is 10.5. The molecule has 1 aliphatic heterocycles. The van der Waals surface area contributed by atoms with E-state index in [4.69, 9.17) is 9.47 Å². The van der Waals surface area contributed by atoms with Crippen molar-refractivity contribution >= 4 is 23.1 Å². The van der Waals surface area contributed by atoms with Gasteiger partial charge in [0.05, 0.1) is 25.8 Å². The summed E-state index contributed by atoms with van der Waals surface area (Å²) in [5.41, 5.74) is 3.62. The minimum Gasteiger partial charge on any atom is -0.507 e. The molecule has 1 saturated heterocycles. The number of carbonyl (C=O) groups excluding carboxylic acids is 2. The number of hydrogen-bond acceptors (Lipinski definition) is 5. The maximum atomic E-state index is 13.3. The zero-order valence-electron chi connectivity index (χ0n) is 19.0. The van der Waals surface area contributed by atoms with Gasteiger partial charge in [-0.2, -0.15) is 0 Å². The van der Waals surface area contributed by atoms with Crippen molar-refractivity contribution in [1.29, 1.82) is 0 Å². The van der Waals surface area contributed by atoms with E-state index in [-0.39, 0.29) is 11.3 Å². The molecule has 0 bridgehead atoms. The molecule has 0 saturated carbocycles. The molecule has 1 aliphatic rings. The number of anilines is 1. The topological polar surface area (TPSA) is 76.1 Å². The average molecular weight is 443 g/mol. The summed E-state index contributed by atoms with van der Waals surface area (Å²) in [5.74, 6) is -0.498. The van der Waals surface area contributed by atoms with Gasteiger partial charge in [0, 0.05) is 11.3 Å². The predicted molar refractivity (Wildman–Crippen MR) is 127 cm³/mol. The van der Waals surface area contributed by atoms with Crippen LogP contribution in [-0.2, 0) is 9.59 Å². The van der Waals surface area contributed by atoms with Crippen molar-refractivity contribution in [2.45, 2.75) is 19.9 Å². The number of amides is 1. The van der Waals surface area contributed by atoms with E-state index in [2.05, 4.69) is 0 Å². The molecular formula is C27H25NO5. The van der Waals surface area contributed by atoms with E-state index >= 15 is 0 Å². The van der Waals surface area contributed by atoms with Gasteiger partial charge in [-0.15, -0.1) is 0 Å². The van der Waals surface area contributed by atoms with Crippen LogP contribution in [0.5, 0.6) is 11.5 Å². The number of carbonyl (C=O) groups is 2. The van der Waals surface area contributed by atoms with Gasteiger partial charge in [0.15, 0.2) is 0 Å². The number of hydrogen-bond donors (Lipinski definition) is 1. The number of Topliss-reactive ketones (excluding diaryl/α,β-unsaturated/α-hetero) is 1. The van der Waals surface area contributed by atoms with Crippen LogP contribution >= 0.6 is 0 Å². The molecule has 0 aliphatic carbocycles. The van der Waals surface area contributed by atoms with Crippen LogP contribution in [-0.4, -0.2) is 31.0 Å². The fraction of sp³-hybridized carbons (Fsp3) is 0.185. The van der Waals surface area contributed by atoms with Gasteiger partial charge < -0.3 is 14.6 Å². The second kappa shape index (κ2) is 8.82. The quantitative estimate of drug-likeness (QED) is 0.343. The Morgan fingerprint density at radius 2 is 1.58 bits per heavy atom. The summed E-state index contributed by atoms with van der Waals surface area (Å²) in [7, 11) is 3.09. The minimum atomic E-state index is -0.802. The van der Waals surface area contributed by atoms with Crippen LogP contribution in [0.15, 0.2) is 72.3 Å². The van der Waals surface area contributed by atoms with E-state index in [1.54, 1.807) is 55.6 Å². The molecule has 168 valence electrons. The predicted octanol–water partition coefficient (Wildman–Crippen LogP) is 4.95. The van der Waals surface area contributed by atoms with Gasteiger partial charge in [0.1, 0.15) is 17.3 Å². The lowest BCUT2D eigenvalue weighted by atomic mass is 9.94. The van der Waals surface area contributed by atoms with Crippen molar-refractivity contribution in [3.05, 3.63) is 94.6 Å². The highest BCUT2D eigenvalue weighted by Gasteiger charge is 2.47. The summed E-state index contributed by atoms with van der Waals surface area (Å²) in [6.45, 7) is 3.86. The SMILES string of the molecule is COc1ccc(C2/C(=C(\O)c3cccc(OC)c3)C(=O)C(=O)N2c2ccc(C)cc2C)cc1. The summed E-state index contributed by atoms with van der Waals surface area (Å²) in [6.07, 6.45) is 0. The standard InChI is InChI=1S/C27H25NO5/c1-16-8-13-22(17(2)14-16)28-24(18-9-11-20(32-3)12-10-18)23(26(30)27(28)31)25(29)19-6-5-7-21(15-19)33-4/h5-15,24,29H,1-4H3/b25-23+. The molecule has 33 heavy (non-hydrogen) atoms. The molecule has 1 heterocycles. The lowest BCUT2D eigenvalue weighted by Gasteiger charge is -2.27. The molecule has 0 radical (unpaired) electrons. The van der Waals surface area contributed by atoms with Crippen molar-refractivity contribution in [2.75, 3.05) is 19.1 Å².